The smallest absolute Gasteiger partial charge is 0.504 e. The van der Waals surface area contributed by atoms with Crippen LogP contribution < -0.4 is 4.65 Å². The summed E-state index contributed by atoms with van der Waals surface area (Å²) in [4.78, 5) is 0. The van der Waals surface area contributed by atoms with E-state index in [0.717, 1.165) is 27.1 Å². The molecule has 0 bridgehead atoms. The SMILES string of the molecule is OBOc1c2ccccc2c(-c2cccc(-c3cc4ccccc4c4ccccc34)c2)c2ccccc12. The fourth-order valence-electron chi connectivity index (χ4n) is 5.75. The maximum atomic E-state index is 9.63. The van der Waals surface area contributed by atoms with Crippen LogP contribution in [0.25, 0.3) is 65.3 Å². The molecule has 0 unspecified atom stereocenters. The first kappa shape index (κ1) is 21.7. The Labute approximate surface area is 215 Å². The summed E-state index contributed by atoms with van der Waals surface area (Å²) in [6, 6.07) is 45.0. The Kier molecular flexibility index (Phi) is 5.16. The molecule has 0 saturated carbocycles. The first-order valence-electron chi connectivity index (χ1n) is 12.5. The van der Waals surface area contributed by atoms with E-state index in [1.165, 1.54) is 38.2 Å². The van der Waals surface area contributed by atoms with E-state index in [4.69, 9.17) is 4.65 Å². The van der Waals surface area contributed by atoms with Crippen LogP contribution in [0, 0.1) is 0 Å². The lowest BCUT2D eigenvalue weighted by molar-refractivity contribution is 0.459. The van der Waals surface area contributed by atoms with Crippen LogP contribution in [0.4, 0.5) is 0 Å². The van der Waals surface area contributed by atoms with Crippen LogP contribution in [0.2, 0.25) is 0 Å². The van der Waals surface area contributed by atoms with Crippen LogP contribution in [0.5, 0.6) is 5.75 Å². The third-order valence-corrected chi connectivity index (χ3v) is 7.32. The number of rotatable bonds is 4. The van der Waals surface area contributed by atoms with Gasteiger partial charge < -0.3 is 9.68 Å². The molecule has 7 aromatic rings. The third-order valence-electron chi connectivity index (χ3n) is 7.32. The molecule has 7 rings (SSSR count). The summed E-state index contributed by atoms with van der Waals surface area (Å²) in [6.45, 7) is 0. The molecule has 0 spiro atoms. The molecule has 0 saturated heterocycles. The molecule has 0 aliphatic heterocycles. The van der Waals surface area contributed by atoms with Gasteiger partial charge in [0.15, 0.2) is 0 Å². The van der Waals surface area contributed by atoms with Crippen molar-refractivity contribution in [2.24, 2.45) is 0 Å². The van der Waals surface area contributed by atoms with E-state index in [1.54, 1.807) is 0 Å². The number of fused-ring (bicyclic) bond motifs is 5. The number of benzene rings is 7. The van der Waals surface area contributed by atoms with Crippen LogP contribution in [0.3, 0.4) is 0 Å². The molecule has 174 valence electrons. The maximum Gasteiger partial charge on any atom is 0.504 e. The van der Waals surface area contributed by atoms with Crippen molar-refractivity contribution in [2.45, 2.75) is 0 Å². The van der Waals surface area contributed by atoms with Crippen LogP contribution >= 0.6 is 0 Å². The van der Waals surface area contributed by atoms with Gasteiger partial charge in [0.2, 0.25) is 0 Å². The Bertz CT molecular complexity index is 1900. The van der Waals surface area contributed by atoms with Crippen molar-refractivity contribution in [2.75, 3.05) is 0 Å². The fraction of sp³-hybridized carbons (Fsp3) is 0. The van der Waals surface area contributed by atoms with Gasteiger partial charge in [0.1, 0.15) is 5.75 Å². The molecule has 7 aromatic carbocycles. The first-order valence-corrected chi connectivity index (χ1v) is 12.5. The van der Waals surface area contributed by atoms with E-state index in [2.05, 4.69) is 115 Å². The Balaban J connectivity index is 1.53. The molecule has 0 amide bonds. The molecule has 0 aliphatic carbocycles. The van der Waals surface area contributed by atoms with Crippen LogP contribution in [0.1, 0.15) is 0 Å². The highest BCUT2D eigenvalue weighted by molar-refractivity contribution is 6.23. The highest BCUT2D eigenvalue weighted by Crippen LogP contribution is 2.44. The predicted molar refractivity (Wildman–Crippen MR) is 157 cm³/mol. The standard InChI is InChI=1S/C34H23BO2/c36-35-37-34-30-18-7-5-16-28(30)33(29-17-6-8-19-31(29)34)24-12-9-11-22(20-24)32-21-23-10-1-2-13-25(23)26-14-3-4-15-27(26)32/h1-21,35-36H. The van der Waals surface area contributed by atoms with Gasteiger partial charge in [-0.1, -0.05) is 115 Å². The van der Waals surface area contributed by atoms with E-state index in [-0.39, 0.29) is 7.69 Å². The Morgan fingerprint density at radius 3 is 1.68 bits per heavy atom. The molecule has 37 heavy (non-hydrogen) atoms. The van der Waals surface area contributed by atoms with Gasteiger partial charge >= 0.3 is 7.69 Å². The molecular weight excluding hydrogens is 451 g/mol. The summed E-state index contributed by atoms with van der Waals surface area (Å²) >= 11 is 0. The van der Waals surface area contributed by atoms with E-state index >= 15 is 0 Å². The van der Waals surface area contributed by atoms with Gasteiger partial charge in [-0.3, -0.25) is 0 Å². The Morgan fingerprint density at radius 2 is 1.00 bits per heavy atom. The lowest BCUT2D eigenvalue weighted by atomic mass is 9.88. The van der Waals surface area contributed by atoms with Crippen LogP contribution in [0.15, 0.2) is 127 Å². The summed E-state index contributed by atoms with van der Waals surface area (Å²) in [5.74, 6) is 0.717. The average Bonchev–Trinajstić information content (AvgIpc) is 2.97. The minimum absolute atomic E-state index is 0.363. The molecule has 0 heterocycles. The second-order valence-electron chi connectivity index (χ2n) is 9.34. The molecule has 0 fully saturated rings. The van der Waals surface area contributed by atoms with Crippen molar-refractivity contribution >= 4 is 50.8 Å². The number of hydrogen-bond donors (Lipinski definition) is 1. The quantitative estimate of drug-likeness (QED) is 0.158. The lowest BCUT2D eigenvalue weighted by Crippen LogP contribution is -2.02. The second kappa shape index (κ2) is 8.81. The first-order chi connectivity index (χ1) is 18.3. The van der Waals surface area contributed by atoms with E-state index in [1.807, 2.05) is 12.1 Å². The zero-order valence-electron chi connectivity index (χ0n) is 20.2. The monoisotopic (exact) mass is 474 g/mol. The Hall–Kier alpha value is -4.60. The van der Waals surface area contributed by atoms with E-state index in [9.17, 15) is 5.02 Å². The minimum Gasteiger partial charge on any atom is -0.538 e. The highest BCUT2D eigenvalue weighted by atomic mass is 16.5. The van der Waals surface area contributed by atoms with Crippen molar-refractivity contribution < 1.29 is 9.68 Å². The normalized spacial score (nSPS) is 11.4. The van der Waals surface area contributed by atoms with Gasteiger partial charge in [0.05, 0.1) is 0 Å². The summed E-state index contributed by atoms with van der Waals surface area (Å²) < 4.78 is 5.76. The predicted octanol–water partition coefficient (Wildman–Crippen LogP) is 8.27. The largest absolute Gasteiger partial charge is 0.538 e. The average molecular weight is 474 g/mol. The van der Waals surface area contributed by atoms with Crippen molar-refractivity contribution in [1.29, 1.82) is 0 Å². The summed E-state index contributed by atoms with van der Waals surface area (Å²) in [6.07, 6.45) is 0. The third kappa shape index (κ3) is 3.47. The zero-order valence-corrected chi connectivity index (χ0v) is 20.2. The maximum absolute atomic E-state index is 9.63. The number of hydrogen-bond acceptors (Lipinski definition) is 2. The summed E-state index contributed by atoms with van der Waals surface area (Å²) in [7, 11) is -0.363. The molecular formula is C34H23BO2. The molecule has 0 aliphatic rings. The summed E-state index contributed by atoms with van der Waals surface area (Å²) in [5, 5.41) is 18.8. The van der Waals surface area contributed by atoms with Crippen molar-refractivity contribution in [3.05, 3.63) is 127 Å². The summed E-state index contributed by atoms with van der Waals surface area (Å²) in [5.41, 5.74) is 4.73. The fourth-order valence-corrected chi connectivity index (χ4v) is 5.75. The van der Waals surface area contributed by atoms with Gasteiger partial charge in [-0.15, -0.1) is 0 Å². The Morgan fingerprint density at radius 1 is 0.459 bits per heavy atom. The van der Waals surface area contributed by atoms with Gasteiger partial charge in [-0.2, -0.15) is 0 Å². The van der Waals surface area contributed by atoms with Crippen LogP contribution in [-0.4, -0.2) is 12.7 Å². The molecule has 1 N–H and O–H groups in total. The van der Waals surface area contributed by atoms with Gasteiger partial charge in [0, 0.05) is 10.8 Å². The lowest BCUT2D eigenvalue weighted by Gasteiger charge is -2.18. The molecule has 0 aromatic heterocycles. The molecule has 3 heteroatoms. The van der Waals surface area contributed by atoms with Crippen molar-refractivity contribution in [3.8, 4) is 28.0 Å². The van der Waals surface area contributed by atoms with E-state index < -0.39 is 0 Å². The minimum atomic E-state index is -0.363. The van der Waals surface area contributed by atoms with Crippen molar-refractivity contribution in [1.82, 2.24) is 0 Å². The topological polar surface area (TPSA) is 29.5 Å². The van der Waals surface area contributed by atoms with Crippen molar-refractivity contribution in [3.63, 3.8) is 0 Å². The zero-order chi connectivity index (χ0) is 24.8. The molecule has 2 nitrogen and oxygen atoms in total. The van der Waals surface area contributed by atoms with Gasteiger partial charge in [0.25, 0.3) is 0 Å². The van der Waals surface area contributed by atoms with Gasteiger partial charge in [-0.05, 0) is 66.7 Å². The highest BCUT2D eigenvalue weighted by Gasteiger charge is 2.17. The second-order valence-corrected chi connectivity index (χ2v) is 9.34. The molecule has 0 radical (unpaired) electrons. The van der Waals surface area contributed by atoms with E-state index in [0.29, 0.717) is 5.75 Å². The van der Waals surface area contributed by atoms with Gasteiger partial charge in [-0.25, -0.2) is 0 Å². The molecule has 0 atom stereocenters. The van der Waals surface area contributed by atoms with Crippen LogP contribution in [-0.2, 0) is 0 Å².